The Bertz CT molecular complexity index is 589. The van der Waals surface area contributed by atoms with Gasteiger partial charge < -0.3 is 14.4 Å². The van der Waals surface area contributed by atoms with Crippen LogP contribution in [0, 0.1) is 5.41 Å². The number of carbonyl (C=O) groups is 2. The number of benzene rings is 1. The maximum absolute atomic E-state index is 12.4. The number of ether oxygens (including phenoxy) is 2. The molecule has 1 saturated heterocycles. The third-order valence-corrected chi connectivity index (χ3v) is 3.87. The quantitative estimate of drug-likeness (QED) is 0.788. The van der Waals surface area contributed by atoms with E-state index in [1.54, 1.807) is 29.2 Å². The van der Waals surface area contributed by atoms with Crippen LogP contribution in [0.1, 0.15) is 51.4 Å². The van der Waals surface area contributed by atoms with Crippen molar-refractivity contribution in [2.45, 2.75) is 52.7 Å². The molecule has 1 amide bonds. The molecular formula is C19H27NO4. The van der Waals surface area contributed by atoms with E-state index in [2.05, 4.69) is 13.8 Å². The van der Waals surface area contributed by atoms with Crippen LogP contribution in [0.15, 0.2) is 30.3 Å². The van der Waals surface area contributed by atoms with Crippen LogP contribution in [0.4, 0.5) is 4.79 Å². The fourth-order valence-corrected chi connectivity index (χ4v) is 2.92. The molecule has 1 aromatic rings. The highest BCUT2D eigenvalue weighted by atomic mass is 16.6. The molecular weight excluding hydrogens is 306 g/mol. The van der Waals surface area contributed by atoms with E-state index in [0.29, 0.717) is 12.1 Å². The number of nitrogens with zero attached hydrogens (tertiary/aromatic N) is 1. The predicted molar refractivity (Wildman–Crippen MR) is 91.9 cm³/mol. The SMILES string of the molecule is CC1(C)CC(COC(=O)c2ccccc2)N(C(=O)OC(C)(C)C)C1. The Balaban J connectivity index is 2.01. The Morgan fingerprint density at radius 2 is 1.83 bits per heavy atom. The van der Waals surface area contributed by atoms with Gasteiger partial charge in [-0.25, -0.2) is 9.59 Å². The Morgan fingerprint density at radius 3 is 2.42 bits per heavy atom. The van der Waals surface area contributed by atoms with Crippen molar-refractivity contribution >= 4 is 12.1 Å². The Labute approximate surface area is 143 Å². The molecule has 1 aliphatic rings. The molecule has 5 nitrogen and oxygen atoms in total. The molecule has 5 heteroatoms. The summed E-state index contributed by atoms with van der Waals surface area (Å²) in [5.41, 5.74) is -0.0610. The summed E-state index contributed by atoms with van der Waals surface area (Å²) in [6.07, 6.45) is 0.419. The summed E-state index contributed by atoms with van der Waals surface area (Å²) in [5, 5.41) is 0. The van der Waals surface area contributed by atoms with Crippen molar-refractivity contribution in [2.24, 2.45) is 5.41 Å². The summed E-state index contributed by atoms with van der Waals surface area (Å²) in [6, 6.07) is 8.70. The Morgan fingerprint density at radius 1 is 1.21 bits per heavy atom. The first-order valence-electron chi connectivity index (χ1n) is 8.29. The van der Waals surface area contributed by atoms with Gasteiger partial charge >= 0.3 is 12.1 Å². The second-order valence-electron chi connectivity index (χ2n) is 8.09. The van der Waals surface area contributed by atoms with E-state index in [0.717, 1.165) is 6.42 Å². The first-order valence-corrected chi connectivity index (χ1v) is 8.29. The third kappa shape index (κ3) is 4.98. The van der Waals surface area contributed by atoms with E-state index in [4.69, 9.17) is 9.47 Å². The molecule has 1 heterocycles. The maximum atomic E-state index is 12.4. The lowest BCUT2D eigenvalue weighted by atomic mass is 9.91. The van der Waals surface area contributed by atoms with E-state index in [1.807, 2.05) is 26.8 Å². The topological polar surface area (TPSA) is 55.8 Å². The smallest absolute Gasteiger partial charge is 0.410 e. The predicted octanol–water partition coefficient (Wildman–Crippen LogP) is 3.88. The van der Waals surface area contributed by atoms with Crippen molar-refractivity contribution in [3.8, 4) is 0 Å². The average molecular weight is 333 g/mol. The van der Waals surface area contributed by atoms with Crippen LogP contribution < -0.4 is 0 Å². The van der Waals surface area contributed by atoms with Gasteiger partial charge in [0.1, 0.15) is 12.2 Å². The molecule has 0 saturated carbocycles. The average Bonchev–Trinajstić information content (AvgIpc) is 2.79. The van der Waals surface area contributed by atoms with Gasteiger partial charge in [0.15, 0.2) is 0 Å². The first kappa shape index (κ1) is 18.3. The van der Waals surface area contributed by atoms with Gasteiger partial charge in [0.2, 0.25) is 0 Å². The molecule has 132 valence electrons. The summed E-state index contributed by atoms with van der Waals surface area (Å²) in [6.45, 7) is 10.5. The molecule has 0 bridgehead atoms. The van der Waals surface area contributed by atoms with Crippen molar-refractivity contribution in [1.29, 1.82) is 0 Å². The molecule has 1 fully saturated rings. The molecule has 0 aromatic heterocycles. The zero-order chi connectivity index (χ0) is 18.0. The Hall–Kier alpha value is -2.04. The molecule has 0 aliphatic carbocycles. The molecule has 24 heavy (non-hydrogen) atoms. The number of esters is 1. The number of likely N-dealkylation sites (tertiary alicyclic amines) is 1. The lowest BCUT2D eigenvalue weighted by molar-refractivity contribution is 0.0101. The minimum atomic E-state index is -0.547. The van der Waals surface area contributed by atoms with Gasteiger partial charge in [0.25, 0.3) is 0 Å². The van der Waals surface area contributed by atoms with E-state index in [9.17, 15) is 9.59 Å². The van der Waals surface area contributed by atoms with E-state index in [1.165, 1.54) is 0 Å². The van der Waals surface area contributed by atoms with Crippen LogP contribution in [0.2, 0.25) is 0 Å². The van der Waals surface area contributed by atoms with E-state index >= 15 is 0 Å². The van der Waals surface area contributed by atoms with Crippen molar-refractivity contribution in [2.75, 3.05) is 13.2 Å². The van der Waals surface area contributed by atoms with Gasteiger partial charge in [-0.05, 0) is 44.7 Å². The summed E-state index contributed by atoms with van der Waals surface area (Å²) >= 11 is 0. The van der Waals surface area contributed by atoms with E-state index in [-0.39, 0.29) is 30.1 Å². The summed E-state index contributed by atoms with van der Waals surface area (Å²) < 4.78 is 10.9. The highest BCUT2D eigenvalue weighted by Crippen LogP contribution is 2.35. The van der Waals surface area contributed by atoms with Crippen LogP contribution in [-0.2, 0) is 9.47 Å². The molecule has 1 unspecified atom stereocenters. The number of hydrogen-bond donors (Lipinski definition) is 0. The van der Waals surface area contributed by atoms with E-state index < -0.39 is 5.60 Å². The second-order valence-corrected chi connectivity index (χ2v) is 8.09. The van der Waals surface area contributed by atoms with Gasteiger partial charge in [-0.1, -0.05) is 32.0 Å². The molecule has 1 atom stereocenters. The zero-order valence-electron chi connectivity index (χ0n) is 15.2. The lowest BCUT2D eigenvalue weighted by Gasteiger charge is -2.28. The molecule has 2 rings (SSSR count). The zero-order valence-corrected chi connectivity index (χ0v) is 15.2. The van der Waals surface area contributed by atoms with Crippen molar-refractivity contribution in [3.63, 3.8) is 0 Å². The van der Waals surface area contributed by atoms with Crippen LogP contribution in [0.25, 0.3) is 0 Å². The second kappa shape index (κ2) is 6.83. The number of hydrogen-bond acceptors (Lipinski definition) is 4. The van der Waals surface area contributed by atoms with Crippen LogP contribution in [0.3, 0.4) is 0 Å². The third-order valence-electron chi connectivity index (χ3n) is 3.87. The maximum Gasteiger partial charge on any atom is 0.410 e. The fourth-order valence-electron chi connectivity index (χ4n) is 2.92. The number of rotatable bonds is 3. The minimum Gasteiger partial charge on any atom is -0.460 e. The monoisotopic (exact) mass is 333 g/mol. The summed E-state index contributed by atoms with van der Waals surface area (Å²) in [5.74, 6) is -0.371. The molecule has 1 aromatic carbocycles. The highest BCUT2D eigenvalue weighted by Gasteiger charge is 2.42. The van der Waals surface area contributed by atoms with Crippen LogP contribution in [0.5, 0.6) is 0 Å². The Kier molecular flexibility index (Phi) is 5.21. The number of amides is 1. The summed E-state index contributed by atoms with van der Waals surface area (Å²) in [4.78, 5) is 26.2. The molecule has 0 N–H and O–H groups in total. The standard InChI is InChI=1S/C19H27NO4/c1-18(2,3)24-17(22)20-13-19(4,5)11-15(20)12-23-16(21)14-9-7-6-8-10-14/h6-10,15H,11-13H2,1-5H3. The number of carbonyl (C=O) groups excluding carboxylic acids is 2. The van der Waals surface area contributed by atoms with Gasteiger partial charge in [-0.3, -0.25) is 0 Å². The van der Waals surface area contributed by atoms with Crippen LogP contribution >= 0.6 is 0 Å². The van der Waals surface area contributed by atoms with Crippen LogP contribution in [-0.4, -0.2) is 41.8 Å². The lowest BCUT2D eigenvalue weighted by Crippen LogP contribution is -2.42. The summed E-state index contributed by atoms with van der Waals surface area (Å²) in [7, 11) is 0. The van der Waals surface area contributed by atoms with Crippen molar-refractivity contribution < 1.29 is 19.1 Å². The fraction of sp³-hybridized carbons (Fsp3) is 0.579. The van der Waals surface area contributed by atoms with Gasteiger partial charge in [0, 0.05) is 6.54 Å². The largest absolute Gasteiger partial charge is 0.460 e. The van der Waals surface area contributed by atoms with Gasteiger partial charge in [0.05, 0.1) is 11.6 Å². The van der Waals surface area contributed by atoms with Gasteiger partial charge in [-0.2, -0.15) is 0 Å². The van der Waals surface area contributed by atoms with Crippen molar-refractivity contribution in [1.82, 2.24) is 4.90 Å². The first-order chi connectivity index (χ1) is 11.1. The molecule has 1 aliphatic heterocycles. The van der Waals surface area contributed by atoms with Gasteiger partial charge in [-0.15, -0.1) is 0 Å². The van der Waals surface area contributed by atoms with Crippen molar-refractivity contribution in [3.05, 3.63) is 35.9 Å². The molecule has 0 spiro atoms. The normalized spacial score (nSPS) is 19.9. The molecule has 0 radical (unpaired) electrons. The minimum absolute atomic E-state index is 0.0271. The highest BCUT2D eigenvalue weighted by molar-refractivity contribution is 5.89.